The first-order valence-electron chi connectivity index (χ1n) is 6.81. The van der Waals surface area contributed by atoms with Crippen LogP contribution in [0, 0.1) is 6.92 Å². The summed E-state index contributed by atoms with van der Waals surface area (Å²) >= 11 is 0. The number of sulfonamides is 1. The van der Waals surface area contributed by atoms with Crippen molar-refractivity contribution in [3.63, 3.8) is 0 Å². The summed E-state index contributed by atoms with van der Waals surface area (Å²) in [5, 5.41) is 0. The number of rotatable bonds is 8. The number of unbranched alkanes of at least 4 members (excludes halogenated alkanes) is 1. The molecule has 0 saturated heterocycles. The monoisotopic (exact) mass is 299 g/mol. The van der Waals surface area contributed by atoms with E-state index >= 15 is 0 Å². The lowest BCUT2D eigenvalue weighted by Gasteiger charge is -2.12. The third kappa shape index (κ3) is 4.86. The molecule has 20 heavy (non-hydrogen) atoms. The van der Waals surface area contributed by atoms with Gasteiger partial charge in [-0.15, -0.1) is 0 Å². The second-order valence-electron chi connectivity index (χ2n) is 5.15. The molecule has 0 atom stereocenters. The Hall–Kier alpha value is -0.950. The van der Waals surface area contributed by atoms with E-state index < -0.39 is 10.0 Å². The number of nitrogens with one attached hydrogen (secondary N) is 1. The highest BCUT2D eigenvalue weighted by Crippen LogP contribution is 2.18. The minimum atomic E-state index is -3.44. The Morgan fingerprint density at radius 2 is 1.95 bits per heavy atom. The molecule has 114 valence electrons. The number of hydrogen-bond donors (Lipinski definition) is 2. The minimum absolute atomic E-state index is 0.327. The van der Waals surface area contributed by atoms with Crippen molar-refractivity contribution in [2.24, 2.45) is 5.73 Å². The number of nitrogens with two attached hydrogens (primary N) is 1. The minimum Gasteiger partial charge on any atom is -0.326 e. The zero-order valence-electron chi connectivity index (χ0n) is 12.5. The zero-order valence-corrected chi connectivity index (χ0v) is 13.3. The molecule has 0 bridgehead atoms. The van der Waals surface area contributed by atoms with Crippen LogP contribution in [0.4, 0.5) is 0 Å². The van der Waals surface area contributed by atoms with Crippen LogP contribution in [-0.4, -0.2) is 40.5 Å². The molecule has 0 aliphatic heterocycles. The lowest BCUT2D eigenvalue weighted by molar-refractivity contribution is 0.394. The first kappa shape index (κ1) is 17.1. The van der Waals surface area contributed by atoms with Crippen molar-refractivity contribution < 1.29 is 8.42 Å². The summed E-state index contributed by atoms with van der Waals surface area (Å²) in [5.41, 5.74) is 7.20. The van der Waals surface area contributed by atoms with Crippen molar-refractivity contribution in [3.05, 3.63) is 29.3 Å². The topological polar surface area (TPSA) is 75.4 Å². The van der Waals surface area contributed by atoms with Crippen molar-refractivity contribution in [3.8, 4) is 0 Å². The highest BCUT2D eigenvalue weighted by Gasteiger charge is 2.17. The molecule has 0 heterocycles. The number of hydrogen-bond acceptors (Lipinski definition) is 4. The van der Waals surface area contributed by atoms with Crippen LogP contribution < -0.4 is 10.5 Å². The summed E-state index contributed by atoms with van der Waals surface area (Å²) in [5.74, 6) is 0. The van der Waals surface area contributed by atoms with Crippen LogP contribution in [0.15, 0.2) is 23.1 Å². The van der Waals surface area contributed by atoms with Gasteiger partial charge >= 0.3 is 0 Å². The van der Waals surface area contributed by atoms with E-state index in [1.165, 1.54) is 0 Å². The molecular weight excluding hydrogens is 274 g/mol. The lowest BCUT2D eigenvalue weighted by atomic mass is 10.1. The summed E-state index contributed by atoms with van der Waals surface area (Å²) in [7, 11) is 0.568. The van der Waals surface area contributed by atoms with Crippen LogP contribution in [0.5, 0.6) is 0 Å². The Balaban J connectivity index is 2.65. The lowest BCUT2D eigenvalue weighted by Crippen LogP contribution is -2.26. The third-order valence-corrected chi connectivity index (χ3v) is 4.84. The van der Waals surface area contributed by atoms with E-state index in [4.69, 9.17) is 5.73 Å². The summed E-state index contributed by atoms with van der Waals surface area (Å²) in [6, 6.07) is 5.21. The molecule has 5 nitrogen and oxygen atoms in total. The van der Waals surface area contributed by atoms with E-state index in [0.717, 1.165) is 30.5 Å². The van der Waals surface area contributed by atoms with E-state index in [0.29, 0.717) is 18.0 Å². The quantitative estimate of drug-likeness (QED) is 0.704. The predicted octanol–water partition coefficient (Wildman–Crippen LogP) is 1.07. The van der Waals surface area contributed by atoms with Crippen molar-refractivity contribution in [2.45, 2.75) is 31.2 Å². The summed E-state index contributed by atoms with van der Waals surface area (Å²) in [4.78, 5) is 2.41. The molecule has 0 fully saturated rings. The van der Waals surface area contributed by atoms with Gasteiger partial charge in [-0.05, 0) is 57.6 Å². The molecule has 0 unspecified atom stereocenters. The van der Waals surface area contributed by atoms with Crippen molar-refractivity contribution in [2.75, 3.05) is 27.2 Å². The second-order valence-corrected chi connectivity index (χ2v) is 6.89. The highest BCUT2D eigenvalue weighted by molar-refractivity contribution is 7.89. The maximum atomic E-state index is 12.3. The molecular formula is C14H25N3O2S. The average Bonchev–Trinajstić information content (AvgIpc) is 2.38. The van der Waals surface area contributed by atoms with E-state index in [1.54, 1.807) is 19.1 Å². The maximum Gasteiger partial charge on any atom is 0.240 e. The van der Waals surface area contributed by atoms with Gasteiger partial charge in [-0.2, -0.15) is 0 Å². The molecule has 1 aromatic rings. The molecule has 0 amide bonds. The van der Waals surface area contributed by atoms with Crippen molar-refractivity contribution in [1.82, 2.24) is 9.62 Å². The summed E-state index contributed by atoms with van der Waals surface area (Å²) in [6.07, 6.45) is 1.80. The average molecular weight is 299 g/mol. The predicted molar refractivity (Wildman–Crippen MR) is 82.0 cm³/mol. The van der Waals surface area contributed by atoms with Gasteiger partial charge in [0.25, 0.3) is 0 Å². The molecule has 1 rings (SSSR count). The van der Waals surface area contributed by atoms with Gasteiger partial charge in [-0.1, -0.05) is 12.1 Å². The maximum absolute atomic E-state index is 12.3. The zero-order chi connectivity index (χ0) is 15.2. The van der Waals surface area contributed by atoms with Crippen LogP contribution in [0.2, 0.25) is 0 Å². The largest absolute Gasteiger partial charge is 0.326 e. The van der Waals surface area contributed by atoms with Crippen LogP contribution in [0.1, 0.15) is 24.0 Å². The summed E-state index contributed by atoms with van der Waals surface area (Å²) in [6.45, 7) is 3.56. The van der Waals surface area contributed by atoms with Gasteiger partial charge in [0, 0.05) is 13.1 Å². The van der Waals surface area contributed by atoms with Gasteiger partial charge in [0.15, 0.2) is 0 Å². The SMILES string of the molecule is Cc1c(CN)cccc1S(=O)(=O)NCCCCN(C)C. The van der Waals surface area contributed by atoms with Crippen molar-refractivity contribution >= 4 is 10.0 Å². The molecule has 0 saturated carbocycles. The van der Waals surface area contributed by atoms with Crippen LogP contribution in [0.3, 0.4) is 0 Å². The Kier molecular flexibility index (Phi) is 6.61. The number of benzene rings is 1. The van der Waals surface area contributed by atoms with Gasteiger partial charge in [0.1, 0.15) is 0 Å². The molecule has 0 radical (unpaired) electrons. The fraction of sp³-hybridized carbons (Fsp3) is 0.571. The van der Waals surface area contributed by atoms with Crippen LogP contribution in [-0.2, 0) is 16.6 Å². The van der Waals surface area contributed by atoms with E-state index in [9.17, 15) is 8.42 Å². The number of nitrogens with zero attached hydrogens (tertiary/aromatic N) is 1. The second kappa shape index (κ2) is 7.73. The normalized spacial score (nSPS) is 12.1. The first-order valence-corrected chi connectivity index (χ1v) is 8.29. The van der Waals surface area contributed by atoms with E-state index in [1.807, 2.05) is 20.2 Å². The Morgan fingerprint density at radius 3 is 2.55 bits per heavy atom. The Labute approximate surface area is 122 Å². The fourth-order valence-electron chi connectivity index (χ4n) is 2.01. The molecule has 0 spiro atoms. The fourth-order valence-corrected chi connectivity index (χ4v) is 3.37. The van der Waals surface area contributed by atoms with Gasteiger partial charge in [0.05, 0.1) is 4.90 Å². The molecule has 0 aliphatic rings. The Morgan fingerprint density at radius 1 is 1.25 bits per heavy atom. The molecule has 3 N–H and O–H groups in total. The Bertz CT molecular complexity index is 527. The molecule has 6 heteroatoms. The van der Waals surface area contributed by atoms with E-state index in [2.05, 4.69) is 9.62 Å². The standard InChI is InChI=1S/C14H25N3O2S/c1-12-13(11-15)7-6-8-14(12)20(18,19)16-9-4-5-10-17(2)3/h6-8,16H,4-5,9-11,15H2,1-3H3. The van der Waals surface area contributed by atoms with Crippen LogP contribution in [0.25, 0.3) is 0 Å². The van der Waals surface area contributed by atoms with Gasteiger partial charge in [-0.25, -0.2) is 13.1 Å². The van der Waals surface area contributed by atoms with Gasteiger partial charge < -0.3 is 10.6 Å². The van der Waals surface area contributed by atoms with Gasteiger partial charge in [0.2, 0.25) is 10.0 Å². The molecule has 0 aromatic heterocycles. The highest BCUT2D eigenvalue weighted by atomic mass is 32.2. The van der Waals surface area contributed by atoms with Crippen LogP contribution >= 0.6 is 0 Å². The smallest absolute Gasteiger partial charge is 0.240 e. The van der Waals surface area contributed by atoms with E-state index in [-0.39, 0.29) is 0 Å². The van der Waals surface area contributed by atoms with Crippen molar-refractivity contribution in [1.29, 1.82) is 0 Å². The van der Waals surface area contributed by atoms with Gasteiger partial charge in [-0.3, -0.25) is 0 Å². The summed E-state index contributed by atoms with van der Waals surface area (Å²) < 4.78 is 27.2. The molecule has 1 aromatic carbocycles. The first-order chi connectivity index (χ1) is 9.38. The molecule has 0 aliphatic carbocycles. The third-order valence-electron chi connectivity index (χ3n) is 3.23.